The quantitative estimate of drug-likeness (QED) is 0.0768. The highest BCUT2D eigenvalue weighted by molar-refractivity contribution is 9.11. The molecule has 1 amide bonds. The lowest BCUT2D eigenvalue weighted by Gasteiger charge is -2.26. The van der Waals surface area contributed by atoms with Crippen LogP contribution in [-0.2, 0) is 24.4 Å². The Balaban J connectivity index is 0.000000125. The fourth-order valence-electron chi connectivity index (χ4n) is 8.57. The van der Waals surface area contributed by atoms with Gasteiger partial charge < -0.3 is 65.5 Å². The van der Waals surface area contributed by atoms with Gasteiger partial charge in [-0.25, -0.2) is 44.5 Å². The summed E-state index contributed by atoms with van der Waals surface area (Å²) in [5.74, 6) is -0.802. The molecule has 394 valence electrons. The lowest BCUT2D eigenvalue weighted by Crippen LogP contribution is -2.40. The molecule has 78 heavy (non-hydrogen) atoms. The molecule has 1 saturated heterocycles. The van der Waals surface area contributed by atoms with Gasteiger partial charge in [-0.15, -0.1) is 0 Å². The van der Waals surface area contributed by atoms with E-state index in [1.165, 1.54) is 26.1 Å². The van der Waals surface area contributed by atoms with E-state index in [2.05, 4.69) is 139 Å². The van der Waals surface area contributed by atoms with Gasteiger partial charge in [-0.05, 0) is 66.0 Å². The Morgan fingerprint density at radius 3 is 1.49 bits per heavy atom. The molecule has 0 unspecified atom stereocenters. The third-order valence-corrected chi connectivity index (χ3v) is 14.7. The highest BCUT2D eigenvalue weighted by atomic mass is 79.9. The van der Waals surface area contributed by atoms with E-state index in [0.717, 1.165) is 33.8 Å². The van der Waals surface area contributed by atoms with E-state index in [9.17, 15) is 34.2 Å². The number of hydrogen-bond donors (Lipinski definition) is 10. The molecular weight excluding hydrogens is 1210 g/mol. The predicted octanol–water partition coefficient (Wildman–Crippen LogP) is 5.84. The molecule has 0 bridgehead atoms. The summed E-state index contributed by atoms with van der Waals surface area (Å²) >= 11 is 10.1. The number of pyridine rings is 3. The van der Waals surface area contributed by atoms with Gasteiger partial charge in [0.2, 0.25) is 5.88 Å². The number of H-pyrrole nitrogens is 5. The van der Waals surface area contributed by atoms with Crippen molar-refractivity contribution in [2.24, 2.45) is 15.0 Å². The number of carbonyl (C=O) groups is 3. The van der Waals surface area contributed by atoms with Gasteiger partial charge in [0.25, 0.3) is 17.0 Å². The topological polar surface area (TPSA) is 390 Å². The number of anilines is 6. The smallest absolute Gasteiger partial charge is 0.353 e. The van der Waals surface area contributed by atoms with E-state index in [-0.39, 0.29) is 34.1 Å². The first-order chi connectivity index (χ1) is 37.7. The number of aliphatic imine (C=N–C) groups is 3. The minimum absolute atomic E-state index is 0.00438. The molecular formula is C47H36Br3N19O9. The maximum atomic E-state index is 12.9. The fourth-order valence-corrected chi connectivity index (χ4v) is 10.5. The van der Waals surface area contributed by atoms with Crippen LogP contribution in [0.5, 0.6) is 5.88 Å². The van der Waals surface area contributed by atoms with E-state index in [4.69, 9.17) is 9.47 Å². The van der Waals surface area contributed by atoms with Crippen LogP contribution in [0.1, 0.15) is 65.2 Å². The lowest BCUT2D eigenvalue weighted by atomic mass is 10.2. The largest absolute Gasteiger partial charge is 0.480 e. The third kappa shape index (κ3) is 9.73. The van der Waals surface area contributed by atoms with Gasteiger partial charge in [-0.2, -0.15) is 0 Å². The van der Waals surface area contributed by atoms with Gasteiger partial charge in [0.1, 0.15) is 87.5 Å². The number of carbonyl (C=O) groups excluding carboxylic acids is 1. The van der Waals surface area contributed by atoms with Gasteiger partial charge in [-0.1, -0.05) is 0 Å². The van der Waals surface area contributed by atoms with Crippen LogP contribution in [0.15, 0.2) is 75.2 Å². The van der Waals surface area contributed by atoms with E-state index >= 15 is 0 Å². The SMILES string of the molecule is COc1nc2c(cc1Nc1ncnc3[nH]c(C(=O)O)c(Br)c13)C=NC2.O=C(O)c1[nH]c2ncnc(Nc3cc4c([nH]c3=O)CN=C4)c2c1Br.O=C(c1[nH]c2ncnc(Nc3cc4c([nH]c3=O)CN=C4)c2c1Br)N1CCOCC1. The van der Waals surface area contributed by atoms with Crippen molar-refractivity contribution in [1.29, 1.82) is 0 Å². The summed E-state index contributed by atoms with van der Waals surface area (Å²) in [5.41, 5.74) is 7.19. The van der Waals surface area contributed by atoms with Gasteiger partial charge in [0, 0.05) is 59.8 Å². The van der Waals surface area contributed by atoms with Crippen LogP contribution < -0.4 is 31.8 Å². The van der Waals surface area contributed by atoms with Crippen LogP contribution in [0.4, 0.5) is 34.5 Å². The second kappa shape index (κ2) is 21.2. The van der Waals surface area contributed by atoms with Crippen molar-refractivity contribution in [1.82, 2.24) is 64.7 Å². The molecule has 4 aliphatic heterocycles. The first kappa shape index (κ1) is 51.1. The number of nitrogens with zero attached hydrogens (tertiary/aromatic N) is 11. The van der Waals surface area contributed by atoms with Gasteiger partial charge in [0.15, 0.2) is 0 Å². The average Bonchev–Trinajstić information content (AvgIpc) is 4.35. The van der Waals surface area contributed by atoms with Gasteiger partial charge in [0.05, 0.1) is 75.2 Å². The zero-order valence-corrected chi connectivity index (χ0v) is 44.7. The van der Waals surface area contributed by atoms with Crippen molar-refractivity contribution in [3.8, 4) is 5.88 Å². The molecule has 1 fully saturated rings. The van der Waals surface area contributed by atoms with Crippen molar-refractivity contribution in [2.75, 3.05) is 49.4 Å². The molecule has 4 aliphatic rings. The first-order valence-electron chi connectivity index (χ1n) is 23.1. The predicted molar refractivity (Wildman–Crippen MR) is 294 cm³/mol. The molecule has 0 spiro atoms. The van der Waals surface area contributed by atoms with Crippen molar-refractivity contribution in [3.63, 3.8) is 0 Å². The monoisotopic (exact) mass is 1250 g/mol. The molecule has 0 aromatic carbocycles. The maximum Gasteiger partial charge on any atom is 0.353 e. The number of aromatic nitrogens is 12. The number of aromatic carboxylic acids is 2. The number of rotatable bonds is 10. The highest BCUT2D eigenvalue weighted by Crippen LogP contribution is 2.37. The van der Waals surface area contributed by atoms with E-state index in [1.54, 1.807) is 35.7 Å². The highest BCUT2D eigenvalue weighted by Gasteiger charge is 2.27. The van der Waals surface area contributed by atoms with Crippen LogP contribution >= 0.6 is 47.8 Å². The van der Waals surface area contributed by atoms with E-state index in [1.807, 2.05) is 6.07 Å². The number of carboxylic acid groups (broad SMARTS) is 2. The molecule has 28 nitrogen and oxygen atoms in total. The third-order valence-electron chi connectivity index (χ3n) is 12.3. The number of halogens is 3. The second-order valence-electron chi connectivity index (χ2n) is 17.1. The minimum atomic E-state index is -1.13. The second-order valence-corrected chi connectivity index (χ2v) is 19.4. The van der Waals surface area contributed by atoms with Crippen LogP contribution in [0.3, 0.4) is 0 Å². The number of methoxy groups -OCH3 is 1. The fraction of sp³-hybridized carbons (Fsp3) is 0.170. The summed E-state index contributed by atoms with van der Waals surface area (Å²) in [5, 5.41) is 29.2. The number of ether oxygens (including phenoxy) is 2. The minimum Gasteiger partial charge on any atom is -0.480 e. The van der Waals surface area contributed by atoms with Crippen molar-refractivity contribution >= 4 is 152 Å². The Labute approximate surface area is 460 Å². The number of carboxylic acids is 2. The summed E-state index contributed by atoms with van der Waals surface area (Å²) < 4.78 is 11.9. The summed E-state index contributed by atoms with van der Waals surface area (Å²) in [6.07, 6.45) is 9.14. The van der Waals surface area contributed by atoms with Gasteiger partial charge in [-0.3, -0.25) is 29.4 Å². The number of morpholine rings is 1. The molecule has 0 saturated carbocycles. The number of aromatic amines is 5. The summed E-state index contributed by atoms with van der Waals surface area (Å²) in [4.78, 5) is 118. The lowest BCUT2D eigenvalue weighted by molar-refractivity contribution is 0.0299. The summed E-state index contributed by atoms with van der Waals surface area (Å²) in [6.45, 7) is 3.54. The zero-order valence-electron chi connectivity index (χ0n) is 40.0. The van der Waals surface area contributed by atoms with Gasteiger partial charge >= 0.3 is 11.9 Å². The zero-order chi connectivity index (χ0) is 54.4. The van der Waals surface area contributed by atoms with Crippen LogP contribution in [0, 0.1) is 0 Å². The number of hydrogen-bond acceptors (Lipinski definition) is 20. The molecule has 9 aromatic rings. The molecule has 10 N–H and O–H groups in total. The summed E-state index contributed by atoms with van der Waals surface area (Å²) in [7, 11) is 1.53. The standard InChI is InChI=1S/C18H16BrN7O3.C15H11BrN6O3.C14H9BrN6O3/c19-13-12-15(23-10-5-9-6-20-7-11(9)24-17(10)27)21-8-22-16(12)25-14(13)18(28)26-1-3-29-4-2-26;1-25-14-7(2-6-3-17-4-8(6)21-14)20-12-9-10(16)11(15(23)24)22-13(9)19-5-18-12;15-9-8-11(17-4-18-12(8)21-10(9)14(23)24)19-6-1-5-2-16-3-7(5)20-13(6)22/h5-6,8H,1-4,7H2,(H,24,27)(H2,21,22,23,25);2-3,5H,4H2,1H3,(H,23,24)(H2,18,19,20,22);1-2,4H,3H2,(H,20,22)(H,23,24)(H2,17,18,19,21). The Kier molecular flexibility index (Phi) is 13.8. The molecule has 13 heterocycles. The normalized spacial score (nSPS) is 13.7. The molecule has 31 heteroatoms. The van der Waals surface area contributed by atoms with E-state index in [0.29, 0.717) is 133 Å². The molecule has 0 radical (unpaired) electrons. The van der Waals surface area contributed by atoms with Crippen molar-refractivity contribution in [2.45, 2.75) is 19.6 Å². The summed E-state index contributed by atoms with van der Waals surface area (Å²) in [6, 6.07) is 5.28. The van der Waals surface area contributed by atoms with Crippen molar-refractivity contribution < 1.29 is 34.1 Å². The Bertz CT molecular complexity index is 4180. The Morgan fingerprint density at radius 2 is 1.01 bits per heavy atom. The maximum absolute atomic E-state index is 12.9. The number of fused-ring (bicyclic) bond motifs is 6. The molecule has 0 aliphatic carbocycles. The number of amides is 1. The number of nitrogens with one attached hydrogen (secondary N) is 8. The van der Waals surface area contributed by atoms with Crippen molar-refractivity contribution in [3.05, 3.63) is 122 Å². The Hall–Kier alpha value is -9.07. The van der Waals surface area contributed by atoms with E-state index < -0.39 is 11.9 Å². The molecule has 9 aromatic heterocycles. The average molecular weight is 1250 g/mol. The molecule has 0 atom stereocenters. The first-order valence-corrected chi connectivity index (χ1v) is 25.4. The molecule has 13 rings (SSSR count). The Morgan fingerprint density at radius 1 is 0.590 bits per heavy atom. The van der Waals surface area contributed by atoms with Crippen LogP contribution in [0.25, 0.3) is 33.1 Å². The van der Waals surface area contributed by atoms with Crippen LogP contribution in [-0.4, -0.2) is 145 Å². The van der Waals surface area contributed by atoms with Crippen LogP contribution in [0.2, 0.25) is 0 Å².